The minimum absolute atomic E-state index is 0.162. The Morgan fingerprint density at radius 2 is 1.77 bits per heavy atom. The molecule has 0 bridgehead atoms. The summed E-state index contributed by atoms with van der Waals surface area (Å²) in [5, 5.41) is 0.162. The molecule has 3 rings (SSSR count). The zero-order valence-electron chi connectivity index (χ0n) is 11.8. The van der Waals surface area contributed by atoms with Crippen LogP contribution in [0.4, 0.5) is 15.8 Å². The number of fused-ring (bicyclic) bond motifs is 1. The molecular formula is C15H14ClFN2O2S. The second-order valence-corrected chi connectivity index (χ2v) is 7.33. The summed E-state index contributed by atoms with van der Waals surface area (Å²) in [6, 6.07) is 10.8. The fourth-order valence-electron chi connectivity index (χ4n) is 2.53. The van der Waals surface area contributed by atoms with Crippen molar-refractivity contribution >= 4 is 33.0 Å². The Bertz CT molecular complexity index is 826. The van der Waals surface area contributed by atoms with Gasteiger partial charge in [0.15, 0.2) is 0 Å². The van der Waals surface area contributed by atoms with Crippen LogP contribution in [-0.2, 0) is 10.0 Å². The van der Waals surface area contributed by atoms with Crippen LogP contribution in [0.2, 0.25) is 5.02 Å². The monoisotopic (exact) mass is 340 g/mol. The summed E-state index contributed by atoms with van der Waals surface area (Å²) in [6.45, 7) is 0.795. The SMILES string of the molecule is CN1CCN(S(=O)(=O)c2ccc(Cl)cc2F)c2ccccc21. The van der Waals surface area contributed by atoms with Crippen LogP contribution in [0.25, 0.3) is 0 Å². The van der Waals surface area contributed by atoms with Crippen molar-refractivity contribution in [1.82, 2.24) is 0 Å². The Hall–Kier alpha value is -1.79. The summed E-state index contributed by atoms with van der Waals surface area (Å²) in [7, 11) is -2.08. The van der Waals surface area contributed by atoms with E-state index in [1.165, 1.54) is 16.4 Å². The molecule has 0 unspecified atom stereocenters. The molecule has 7 heteroatoms. The zero-order valence-corrected chi connectivity index (χ0v) is 13.4. The predicted octanol–water partition coefficient (Wildman–Crippen LogP) is 3.12. The average Bonchev–Trinajstić information content (AvgIpc) is 2.47. The quantitative estimate of drug-likeness (QED) is 0.843. The second kappa shape index (κ2) is 5.44. The molecule has 0 amide bonds. The molecule has 2 aromatic rings. The maximum Gasteiger partial charge on any atom is 0.267 e. The third-order valence-electron chi connectivity index (χ3n) is 3.66. The van der Waals surface area contributed by atoms with Gasteiger partial charge in [-0.1, -0.05) is 23.7 Å². The molecular weight excluding hydrogens is 327 g/mol. The number of halogens is 2. The molecule has 116 valence electrons. The highest BCUT2D eigenvalue weighted by atomic mass is 35.5. The van der Waals surface area contributed by atoms with Crippen molar-refractivity contribution in [2.24, 2.45) is 0 Å². The molecule has 0 aliphatic carbocycles. The molecule has 0 saturated carbocycles. The largest absolute Gasteiger partial charge is 0.371 e. The molecule has 0 saturated heterocycles. The Morgan fingerprint density at radius 3 is 2.45 bits per heavy atom. The van der Waals surface area contributed by atoms with Gasteiger partial charge in [0.25, 0.3) is 10.0 Å². The molecule has 1 heterocycles. The second-order valence-electron chi connectivity index (χ2n) is 5.06. The van der Waals surface area contributed by atoms with Crippen molar-refractivity contribution < 1.29 is 12.8 Å². The van der Waals surface area contributed by atoms with Crippen LogP contribution in [-0.4, -0.2) is 28.6 Å². The lowest BCUT2D eigenvalue weighted by molar-refractivity contribution is 0.562. The Morgan fingerprint density at radius 1 is 1.09 bits per heavy atom. The summed E-state index contributed by atoms with van der Waals surface area (Å²) in [6.07, 6.45) is 0. The summed E-state index contributed by atoms with van der Waals surface area (Å²) in [5.74, 6) is -0.844. The number of likely N-dealkylation sites (N-methyl/N-ethyl adjacent to an activating group) is 1. The van der Waals surface area contributed by atoms with Crippen molar-refractivity contribution in [2.45, 2.75) is 4.90 Å². The number of hydrogen-bond donors (Lipinski definition) is 0. The van der Waals surface area contributed by atoms with Crippen LogP contribution < -0.4 is 9.21 Å². The van der Waals surface area contributed by atoms with E-state index in [1.807, 2.05) is 24.1 Å². The summed E-state index contributed by atoms with van der Waals surface area (Å²) >= 11 is 5.70. The molecule has 2 aromatic carbocycles. The van der Waals surface area contributed by atoms with E-state index in [0.717, 1.165) is 11.8 Å². The fraction of sp³-hybridized carbons (Fsp3) is 0.200. The minimum Gasteiger partial charge on any atom is -0.371 e. The summed E-state index contributed by atoms with van der Waals surface area (Å²) in [4.78, 5) is 1.61. The fourth-order valence-corrected chi connectivity index (χ4v) is 4.21. The number of para-hydroxylation sites is 2. The van der Waals surface area contributed by atoms with Crippen molar-refractivity contribution in [1.29, 1.82) is 0 Å². The summed E-state index contributed by atoms with van der Waals surface area (Å²) < 4.78 is 40.9. The smallest absolute Gasteiger partial charge is 0.267 e. The molecule has 0 aromatic heterocycles. The molecule has 0 radical (unpaired) electrons. The molecule has 0 N–H and O–H groups in total. The highest BCUT2D eigenvalue weighted by Gasteiger charge is 2.32. The molecule has 4 nitrogen and oxygen atoms in total. The van der Waals surface area contributed by atoms with Gasteiger partial charge < -0.3 is 4.90 Å². The highest BCUT2D eigenvalue weighted by molar-refractivity contribution is 7.92. The zero-order chi connectivity index (χ0) is 15.9. The lowest BCUT2D eigenvalue weighted by Crippen LogP contribution is -2.42. The number of rotatable bonds is 2. The first kappa shape index (κ1) is 15.1. The van der Waals surface area contributed by atoms with E-state index in [-0.39, 0.29) is 16.5 Å². The topological polar surface area (TPSA) is 40.6 Å². The number of sulfonamides is 1. The van der Waals surface area contributed by atoms with E-state index in [9.17, 15) is 12.8 Å². The maximum absolute atomic E-state index is 14.1. The number of hydrogen-bond acceptors (Lipinski definition) is 3. The normalized spacial score (nSPS) is 14.9. The molecule has 0 atom stereocenters. The van der Waals surface area contributed by atoms with E-state index in [1.54, 1.807) is 12.1 Å². The molecule has 0 spiro atoms. The first-order valence-corrected chi connectivity index (χ1v) is 8.51. The van der Waals surface area contributed by atoms with Crippen LogP contribution in [0, 0.1) is 5.82 Å². The van der Waals surface area contributed by atoms with E-state index in [2.05, 4.69) is 0 Å². The standard InChI is InChI=1S/C15H14ClFN2O2S/c1-18-8-9-19(14-5-3-2-4-13(14)18)22(20,21)15-7-6-11(16)10-12(15)17/h2-7,10H,8-9H2,1H3. The van der Waals surface area contributed by atoms with Gasteiger partial charge >= 0.3 is 0 Å². The van der Waals surface area contributed by atoms with Crippen LogP contribution in [0.1, 0.15) is 0 Å². The van der Waals surface area contributed by atoms with Gasteiger partial charge in [-0.2, -0.15) is 0 Å². The van der Waals surface area contributed by atoms with Gasteiger partial charge in [0, 0.05) is 18.6 Å². The average molecular weight is 341 g/mol. The summed E-state index contributed by atoms with van der Waals surface area (Å²) in [5.41, 5.74) is 1.34. The molecule has 1 aliphatic heterocycles. The lowest BCUT2D eigenvalue weighted by atomic mass is 10.2. The van der Waals surface area contributed by atoms with Crippen molar-refractivity contribution in [3.63, 3.8) is 0 Å². The minimum atomic E-state index is -3.97. The third-order valence-corrected chi connectivity index (χ3v) is 5.74. The lowest BCUT2D eigenvalue weighted by Gasteiger charge is -2.36. The van der Waals surface area contributed by atoms with Crippen LogP contribution in [0.5, 0.6) is 0 Å². The van der Waals surface area contributed by atoms with Gasteiger partial charge in [-0.25, -0.2) is 12.8 Å². The first-order chi connectivity index (χ1) is 10.4. The van der Waals surface area contributed by atoms with Crippen LogP contribution >= 0.6 is 11.6 Å². The Labute approximate surface area is 133 Å². The first-order valence-electron chi connectivity index (χ1n) is 6.69. The van der Waals surface area contributed by atoms with Crippen LogP contribution in [0.15, 0.2) is 47.4 Å². The van der Waals surface area contributed by atoms with E-state index in [4.69, 9.17) is 11.6 Å². The van der Waals surface area contributed by atoms with Crippen molar-refractivity contribution in [3.05, 3.63) is 53.3 Å². The van der Waals surface area contributed by atoms with Gasteiger partial charge in [-0.05, 0) is 30.3 Å². The van der Waals surface area contributed by atoms with Crippen LogP contribution in [0.3, 0.4) is 0 Å². The van der Waals surface area contributed by atoms with E-state index in [0.29, 0.717) is 12.2 Å². The Kier molecular flexibility index (Phi) is 3.74. The third kappa shape index (κ3) is 2.42. The highest BCUT2D eigenvalue weighted by Crippen LogP contribution is 2.36. The molecule has 1 aliphatic rings. The predicted molar refractivity (Wildman–Crippen MR) is 85.7 cm³/mol. The van der Waals surface area contributed by atoms with Gasteiger partial charge in [0.1, 0.15) is 10.7 Å². The maximum atomic E-state index is 14.1. The molecule has 0 fully saturated rings. The number of benzene rings is 2. The van der Waals surface area contributed by atoms with E-state index >= 15 is 0 Å². The molecule has 22 heavy (non-hydrogen) atoms. The van der Waals surface area contributed by atoms with Gasteiger partial charge in [-0.15, -0.1) is 0 Å². The van der Waals surface area contributed by atoms with Gasteiger partial charge in [0.2, 0.25) is 0 Å². The number of anilines is 2. The van der Waals surface area contributed by atoms with Crippen molar-refractivity contribution in [2.75, 3.05) is 29.3 Å². The van der Waals surface area contributed by atoms with Gasteiger partial charge in [0.05, 0.1) is 17.9 Å². The van der Waals surface area contributed by atoms with E-state index < -0.39 is 15.8 Å². The van der Waals surface area contributed by atoms with Crippen molar-refractivity contribution in [3.8, 4) is 0 Å². The Balaban J connectivity index is 2.13. The van der Waals surface area contributed by atoms with Gasteiger partial charge in [-0.3, -0.25) is 4.31 Å². The number of nitrogens with zero attached hydrogens (tertiary/aromatic N) is 2.